The molecule has 0 unspecified atom stereocenters. The fourth-order valence-corrected chi connectivity index (χ4v) is 5.29. The van der Waals surface area contributed by atoms with Crippen molar-refractivity contribution >= 4 is 17.7 Å². The molecule has 0 radical (unpaired) electrons. The topological polar surface area (TPSA) is 42.3 Å². The molecule has 2 bridgehead atoms. The van der Waals surface area contributed by atoms with Crippen molar-refractivity contribution in [1.82, 2.24) is 9.47 Å². The zero-order chi connectivity index (χ0) is 21.5. The summed E-state index contributed by atoms with van der Waals surface area (Å²) in [6, 6.07) is 17.8. The standard InChI is InChI=1S/C25H23FN2O2S/c1-31-21-8-4-17(5-9-21)22-10-11-23-19-12-16(14-28(23)25(22)30)13-27(15-19)24(29)18-2-6-20(26)7-3-18/h2-11,16,19H,12-15H2,1H3/t16-,19-/m1/s1. The summed E-state index contributed by atoms with van der Waals surface area (Å²) in [5.74, 6) is -0.0461. The van der Waals surface area contributed by atoms with Crippen molar-refractivity contribution in [3.8, 4) is 11.1 Å². The van der Waals surface area contributed by atoms with Crippen molar-refractivity contribution in [2.24, 2.45) is 5.92 Å². The molecule has 0 saturated carbocycles. The van der Waals surface area contributed by atoms with E-state index in [0.717, 1.165) is 23.2 Å². The summed E-state index contributed by atoms with van der Waals surface area (Å²) in [5, 5.41) is 0. The number of halogens is 1. The Balaban J connectivity index is 1.43. The number of thioether (sulfide) groups is 1. The van der Waals surface area contributed by atoms with Crippen LogP contribution >= 0.6 is 11.8 Å². The highest BCUT2D eigenvalue weighted by Gasteiger charge is 2.37. The first kappa shape index (κ1) is 20.1. The molecule has 0 N–H and O–H groups in total. The Morgan fingerprint density at radius 2 is 1.71 bits per heavy atom. The van der Waals surface area contributed by atoms with Gasteiger partial charge in [-0.15, -0.1) is 11.8 Å². The maximum atomic E-state index is 13.3. The van der Waals surface area contributed by atoms with Gasteiger partial charge >= 0.3 is 0 Å². The number of piperidine rings is 1. The monoisotopic (exact) mass is 434 g/mol. The van der Waals surface area contributed by atoms with Gasteiger partial charge in [0.25, 0.3) is 11.5 Å². The molecule has 1 aromatic heterocycles. The highest BCUT2D eigenvalue weighted by atomic mass is 32.2. The number of likely N-dealkylation sites (tertiary alicyclic amines) is 1. The van der Waals surface area contributed by atoms with Crippen LogP contribution in [-0.2, 0) is 6.54 Å². The summed E-state index contributed by atoms with van der Waals surface area (Å²) in [6.45, 7) is 1.81. The number of fused-ring (bicyclic) bond motifs is 4. The first-order valence-corrected chi connectivity index (χ1v) is 11.7. The van der Waals surface area contributed by atoms with Gasteiger partial charge in [-0.3, -0.25) is 9.59 Å². The maximum Gasteiger partial charge on any atom is 0.258 e. The molecule has 3 heterocycles. The smallest absolute Gasteiger partial charge is 0.258 e. The van der Waals surface area contributed by atoms with Gasteiger partial charge in [0, 0.05) is 47.3 Å². The van der Waals surface area contributed by atoms with Crippen molar-refractivity contribution in [2.75, 3.05) is 19.3 Å². The third-order valence-electron chi connectivity index (χ3n) is 6.38. The summed E-state index contributed by atoms with van der Waals surface area (Å²) in [7, 11) is 0. The van der Waals surface area contributed by atoms with E-state index in [-0.39, 0.29) is 29.1 Å². The van der Waals surface area contributed by atoms with Gasteiger partial charge in [0.05, 0.1) is 0 Å². The maximum absolute atomic E-state index is 13.3. The van der Waals surface area contributed by atoms with Gasteiger partial charge in [-0.25, -0.2) is 4.39 Å². The van der Waals surface area contributed by atoms with Crippen LogP contribution in [-0.4, -0.2) is 34.7 Å². The summed E-state index contributed by atoms with van der Waals surface area (Å²) in [5.41, 5.74) is 3.20. The SMILES string of the molecule is CSc1ccc(-c2ccc3n(c2=O)C[C@@H]2C[C@@H]3CN(C(=O)c3ccc(F)cc3)C2)cc1. The Hall–Kier alpha value is -2.86. The summed E-state index contributed by atoms with van der Waals surface area (Å²) in [6.07, 6.45) is 3.01. The second kappa shape index (κ2) is 8.00. The van der Waals surface area contributed by atoms with Crippen LogP contribution < -0.4 is 5.56 Å². The molecular formula is C25H23FN2O2S. The van der Waals surface area contributed by atoms with Crippen LogP contribution in [0.1, 0.15) is 28.4 Å². The largest absolute Gasteiger partial charge is 0.338 e. The first-order valence-electron chi connectivity index (χ1n) is 10.5. The molecule has 4 nitrogen and oxygen atoms in total. The molecule has 2 aliphatic heterocycles. The Bertz CT molecular complexity index is 1190. The van der Waals surface area contributed by atoms with Gasteiger partial charge in [-0.2, -0.15) is 0 Å². The molecule has 0 spiro atoms. The minimum absolute atomic E-state index is 0.0439. The lowest BCUT2D eigenvalue weighted by Gasteiger charge is -2.43. The quantitative estimate of drug-likeness (QED) is 0.564. The second-order valence-corrected chi connectivity index (χ2v) is 9.21. The number of carbonyl (C=O) groups excluding carboxylic acids is 1. The molecule has 1 saturated heterocycles. The highest BCUT2D eigenvalue weighted by molar-refractivity contribution is 7.98. The Kier molecular flexibility index (Phi) is 5.18. The van der Waals surface area contributed by atoms with Crippen LogP contribution in [0, 0.1) is 11.7 Å². The van der Waals surface area contributed by atoms with Crippen molar-refractivity contribution in [2.45, 2.75) is 23.8 Å². The molecular weight excluding hydrogens is 411 g/mol. The number of nitrogens with zero attached hydrogens (tertiary/aromatic N) is 2. The summed E-state index contributed by atoms with van der Waals surface area (Å²) >= 11 is 1.68. The van der Waals surface area contributed by atoms with E-state index in [1.165, 1.54) is 29.2 Å². The van der Waals surface area contributed by atoms with Gasteiger partial charge in [0.2, 0.25) is 0 Å². The molecule has 2 aromatic carbocycles. The number of pyridine rings is 1. The van der Waals surface area contributed by atoms with E-state index in [0.29, 0.717) is 25.2 Å². The Morgan fingerprint density at radius 1 is 0.968 bits per heavy atom. The van der Waals surface area contributed by atoms with Gasteiger partial charge < -0.3 is 9.47 Å². The highest BCUT2D eigenvalue weighted by Crippen LogP contribution is 2.36. The fourth-order valence-electron chi connectivity index (χ4n) is 4.88. The van der Waals surface area contributed by atoms with Gasteiger partial charge in [0.1, 0.15) is 5.82 Å². The molecule has 3 aromatic rings. The van der Waals surface area contributed by atoms with Gasteiger partial charge in [-0.05, 0) is 72.7 Å². The fraction of sp³-hybridized carbons (Fsp3) is 0.280. The number of hydrogen-bond acceptors (Lipinski definition) is 3. The lowest BCUT2D eigenvalue weighted by Crippen LogP contribution is -2.49. The number of rotatable bonds is 3. The van der Waals surface area contributed by atoms with E-state index < -0.39 is 0 Å². The van der Waals surface area contributed by atoms with Gasteiger partial charge in [0.15, 0.2) is 0 Å². The van der Waals surface area contributed by atoms with Crippen LogP contribution in [0.2, 0.25) is 0 Å². The van der Waals surface area contributed by atoms with Crippen LogP contribution in [0.15, 0.2) is 70.4 Å². The first-order chi connectivity index (χ1) is 15.0. The minimum Gasteiger partial charge on any atom is -0.338 e. The number of amides is 1. The number of benzene rings is 2. The molecule has 2 atom stereocenters. The van der Waals surface area contributed by atoms with Crippen molar-refractivity contribution < 1.29 is 9.18 Å². The van der Waals surface area contributed by atoms with E-state index in [9.17, 15) is 14.0 Å². The molecule has 0 aliphatic carbocycles. The van der Waals surface area contributed by atoms with Crippen LogP contribution in [0.5, 0.6) is 0 Å². The lowest BCUT2D eigenvalue weighted by atomic mass is 9.82. The zero-order valence-electron chi connectivity index (χ0n) is 17.3. The number of aromatic nitrogens is 1. The van der Waals surface area contributed by atoms with E-state index in [4.69, 9.17) is 0 Å². The Morgan fingerprint density at radius 3 is 2.42 bits per heavy atom. The van der Waals surface area contributed by atoms with Crippen molar-refractivity contribution in [1.29, 1.82) is 0 Å². The van der Waals surface area contributed by atoms with Crippen LogP contribution in [0.3, 0.4) is 0 Å². The summed E-state index contributed by atoms with van der Waals surface area (Å²) in [4.78, 5) is 29.3. The average Bonchev–Trinajstić information content (AvgIpc) is 2.80. The molecule has 1 fully saturated rings. The molecule has 5 rings (SSSR count). The average molecular weight is 435 g/mol. The molecule has 1 amide bonds. The second-order valence-electron chi connectivity index (χ2n) is 8.33. The predicted molar refractivity (Wildman–Crippen MR) is 121 cm³/mol. The Labute approximate surface area is 184 Å². The van der Waals surface area contributed by atoms with Crippen molar-refractivity contribution in [3.63, 3.8) is 0 Å². The normalized spacial score (nSPS) is 19.7. The van der Waals surface area contributed by atoms with Crippen LogP contribution in [0.4, 0.5) is 4.39 Å². The molecule has 158 valence electrons. The molecule has 2 aliphatic rings. The third kappa shape index (κ3) is 3.69. The third-order valence-corrected chi connectivity index (χ3v) is 7.13. The van der Waals surface area contributed by atoms with E-state index in [1.54, 1.807) is 11.8 Å². The van der Waals surface area contributed by atoms with Gasteiger partial charge in [-0.1, -0.05) is 12.1 Å². The minimum atomic E-state index is -0.348. The number of carbonyl (C=O) groups is 1. The summed E-state index contributed by atoms with van der Waals surface area (Å²) < 4.78 is 15.1. The van der Waals surface area contributed by atoms with E-state index in [2.05, 4.69) is 0 Å². The molecule has 31 heavy (non-hydrogen) atoms. The van der Waals surface area contributed by atoms with E-state index >= 15 is 0 Å². The molecule has 6 heteroatoms. The van der Waals surface area contributed by atoms with Crippen molar-refractivity contribution in [3.05, 3.63) is 88.1 Å². The zero-order valence-corrected chi connectivity index (χ0v) is 18.1. The lowest BCUT2D eigenvalue weighted by molar-refractivity contribution is 0.0594. The van der Waals surface area contributed by atoms with E-state index in [1.807, 2.05) is 52.1 Å². The van der Waals surface area contributed by atoms with Crippen LogP contribution in [0.25, 0.3) is 11.1 Å². The number of hydrogen-bond donors (Lipinski definition) is 0. The predicted octanol–water partition coefficient (Wildman–Crippen LogP) is 4.64.